The van der Waals surface area contributed by atoms with Crippen molar-refractivity contribution in [2.24, 2.45) is 0 Å². The lowest BCUT2D eigenvalue weighted by Gasteiger charge is -2.07. The third kappa shape index (κ3) is 1.72. The molecule has 0 fully saturated rings. The third-order valence-electron chi connectivity index (χ3n) is 3.68. The standard InChI is InChI=1S/C17H10FN3O/c18-10-6-7-11-12(8-10)15-13(16(11)22)14(20-17(19)21-15)9-4-2-1-3-5-9/h1-8H,(H2,19,20,21). The minimum atomic E-state index is -0.419. The van der Waals surface area contributed by atoms with Gasteiger partial charge in [-0.2, -0.15) is 0 Å². The molecule has 0 spiro atoms. The predicted molar refractivity (Wildman–Crippen MR) is 80.7 cm³/mol. The van der Waals surface area contributed by atoms with E-state index in [1.165, 1.54) is 18.2 Å². The lowest BCUT2D eigenvalue weighted by molar-refractivity contribution is 0.104. The summed E-state index contributed by atoms with van der Waals surface area (Å²) in [6, 6.07) is 13.3. The summed E-state index contributed by atoms with van der Waals surface area (Å²) in [6.07, 6.45) is 0. The zero-order chi connectivity index (χ0) is 15.3. The number of carbonyl (C=O) groups excluding carboxylic acids is 1. The molecule has 0 saturated carbocycles. The van der Waals surface area contributed by atoms with Crippen LogP contribution >= 0.6 is 0 Å². The number of carbonyl (C=O) groups is 1. The van der Waals surface area contributed by atoms with Gasteiger partial charge in [-0.15, -0.1) is 0 Å². The van der Waals surface area contributed by atoms with Crippen molar-refractivity contribution in [2.75, 3.05) is 5.73 Å². The Balaban J connectivity index is 2.06. The van der Waals surface area contributed by atoms with Crippen LogP contribution in [0.15, 0.2) is 48.5 Å². The quantitative estimate of drug-likeness (QED) is 0.585. The molecule has 1 heterocycles. The molecule has 1 aliphatic rings. The molecule has 0 bridgehead atoms. The second-order valence-corrected chi connectivity index (χ2v) is 5.04. The van der Waals surface area contributed by atoms with Gasteiger partial charge in [0.15, 0.2) is 5.78 Å². The van der Waals surface area contributed by atoms with Crippen molar-refractivity contribution in [1.29, 1.82) is 0 Å². The number of hydrogen-bond acceptors (Lipinski definition) is 4. The lowest BCUT2D eigenvalue weighted by Crippen LogP contribution is -2.05. The first-order valence-electron chi connectivity index (χ1n) is 6.72. The molecule has 106 valence electrons. The van der Waals surface area contributed by atoms with Gasteiger partial charge in [-0.3, -0.25) is 4.79 Å². The van der Waals surface area contributed by atoms with Gasteiger partial charge in [0.2, 0.25) is 5.95 Å². The number of aromatic nitrogens is 2. The second-order valence-electron chi connectivity index (χ2n) is 5.04. The van der Waals surface area contributed by atoms with Crippen LogP contribution in [0.5, 0.6) is 0 Å². The number of hydrogen-bond donors (Lipinski definition) is 1. The molecule has 2 N–H and O–H groups in total. The van der Waals surface area contributed by atoms with Gasteiger partial charge < -0.3 is 5.73 Å². The Bertz CT molecular complexity index is 923. The predicted octanol–water partition coefficient (Wildman–Crippen LogP) is 3.08. The maximum absolute atomic E-state index is 13.5. The van der Waals surface area contributed by atoms with Crippen molar-refractivity contribution in [3.05, 3.63) is 65.5 Å². The van der Waals surface area contributed by atoms with Crippen molar-refractivity contribution in [3.8, 4) is 22.5 Å². The smallest absolute Gasteiger partial charge is 0.221 e. The molecule has 0 aliphatic heterocycles. The Hall–Kier alpha value is -3.08. The SMILES string of the molecule is Nc1nc(-c2ccccc2)c2c(n1)-c1cc(F)ccc1C2=O. The molecule has 3 aromatic rings. The average molecular weight is 291 g/mol. The van der Waals surface area contributed by atoms with Gasteiger partial charge in [0, 0.05) is 16.7 Å². The third-order valence-corrected chi connectivity index (χ3v) is 3.68. The summed E-state index contributed by atoms with van der Waals surface area (Å²) in [7, 11) is 0. The van der Waals surface area contributed by atoms with Crippen LogP contribution in [0.1, 0.15) is 15.9 Å². The highest BCUT2D eigenvalue weighted by Crippen LogP contribution is 2.40. The van der Waals surface area contributed by atoms with Crippen LogP contribution < -0.4 is 5.73 Å². The highest BCUT2D eigenvalue weighted by molar-refractivity contribution is 6.23. The Labute approximate surface area is 125 Å². The molecule has 22 heavy (non-hydrogen) atoms. The van der Waals surface area contributed by atoms with Gasteiger partial charge in [0.25, 0.3) is 0 Å². The first-order chi connectivity index (χ1) is 10.6. The van der Waals surface area contributed by atoms with Crippen molar-refractivity contribution < 1.29 is 9.18 Å². The van der Waals surface area contributed by atoms with Crippen molar-refractivity contribution >= 4 is 11.7 Å². The Kier molecular flexibility index (Phi) is 2.56. The van der Waals surface area contributed by atoms with Crippen molar-refractivity contribution in [1.82, 2.24) is 9.97 Å². The highest BCUT2D eigenvalue weighted by Gasteiger charge is 2.32. The summed E-state index contributed by atoms with van der Waals surface area (Å²) < 4.78 is 13.5. The topological polar surface area (TPSA) is 68.9 Å². The minimum Gasteiger partial charge on any atom is -0.368 e. The minimum absolute atomic E-state index is 0.0579. The fraction of sp³-hybridized carbons (Fsp3) is 0. The number of ketones is 1. The monoisotopic (exact) mass is 291 g/mol. The van der Waals surface area contributed by atoms with Crippen LogP contribution in [0.25, 0.3) is 22.5 Å². The molecule has 0 radical (unpaired) electrons. The van der Waals surface area contributed by atoms with E-state index < -0.39 is 5.82 Å². The molecule has 5 heteroatoms. The van der Waals surface area contributed by atoms with E-state index in [2.05, 4.69) is 9.97 Å². The Morgan fingerprint density at radius 3 is 2.41 bits per heavy atom. The van der Waals surface area contributed by atoms with Gasteiger partial charge in [0.05, 0.1) is 17.0 Å². The number of rotatable bonds is 1. The zero-order valence-electron chi connectivity index (χ0n) is 11.4. The molecule has 1 aromatic heterocycles. The van der Waals surface area contributed by atoms with Crippen molar-refractivity contribution in [3.63, 3.8) is 0 Å². The lowest BCUT2D eigenvalue weighted by atomic mass is 10.0. The number of fused-ring (bicyclic) bond motifs is 3. The fourth-order valence-corrected chi connectivity index (χ4v) is 2.74. The van der Waals surface area contributed by atoms with E-state index >= 15 is 0 Å². The molecule has 0 unspecified atom stereocenters. The van der Waals surface area contributed by atoms with Gasteiger partial charge in [-0.25, -0.2) is 14.4 Å². The maximum Gasteiger partial charge on any atom is 0.221 e. The van der Waals surface area contributed by atoms with E-state index in [4.69, 9.17) is 5.73 Å². The summed E-state index contributed by atoms with van der Waals surface area (Å²) in [6.45, 7) is 0. The van der Waals surface area contributed by atoms with E-state index in [0.717, 1.165) is 5.56 Å². The molecule has 2 aromatic carbocycles. The summed E-state index contributed by atoms with van der Waals surface area (Å²) in [4.78, 5) is 21.0. The van der Waals surface area contributed by atoms with Gasteiger partial charge in [-0.1, -0.05) is 30.3 Å². The molecule has 1 aliphatic carbocycles. The number of nitrogens with zero attached hydrogens (tertiary/aromatic N) is 2. The first-order valence-corrected chi connectivity index (χ1v) is 6.72. The van der Waals surface area contributed by atoms with Crippen LogP contribution in [0.4, 0.5) is 10.3 Å². The average Bonchev–Trinajstić information content (AvgIpc) is 2.80. The Morgan fingerprint density at radius 1 is 0.909 bits per heavy atom. The largest absolute Gasteiger partial charge is 0.368 e. The van der Waals surface area contributed by atoms with Gasteiger partial charge in [0.1, 0.15) is 5.82 Å². The van der Waals surface area contributed by atoms with E-state index in [0.29, 0.717) is 28.1 Å². The normalized spacial score (nSPS) is 12.1. The molecule has 0 amide bonds. The summed E-state index contributed by atoms with van der Waals surface area (Å²) in [5.41, 5.74) is 8.69. The van der Waals surface area contributed by atoms with Crippen LogP contribution in [0, 0.1) is 5.82 Å². The van der Waals surface area contributed by atoms with Crippen LogP contribution in [0.3, 0.4) is 0 Å². The molecule has 0 atom stereocenters. The first kappa shape index (κ1) is 12.6. The molecular weight excluding hydrogens is 281 g/mol. The second kappa shape index (κ2) is 4.46. The molecule has 4 nitrogen and oxygen atoms in total. The van der Waals surface area contributed by atoms with E-state index in [1.807, 2.05) is 30.3 Å². The Morgan fingerprint density at radius 2 is 1.64 bits per heavy atom. The summed E-state index contributed by atoms with van der Waals surface area (Å²) >= 11 is 0. The molecule has 4 rings (SSSR count). The van der Waals surface area contributed by atoms with Gasteiger partial charge >= 0.3 is 0 Å². The van der Waals surface area contributed by atoms with E-state index in [-0.39, 0.29) is 11.7 Å². The molecular formula is C17H10FN3O. The van der Waals surface area contributed by atoms with Gasteiger partial charge in [-0.05, 0) is 18.2 Å². The maximum atomic E-state index is 13.5. The van der Waals surface area contributed by atoms with E-state index in [9.17, 15) is 9.18 Å². The summed E-state index contributed by atoms with van der Waals surface area (Å²) in [5.74, 6) is -0.566. The number of halogens is 1. The highest BCUT2D eigenvalue weighted by atomic mass is 19.1. The van der Waals surface area contributed by atoms with E-state index in [1.54, 1.807) is 0 Å². The number of benzene rings is 2. The summed E-state index contributed by atoms with van der Waals surface area (Å²) in [5, 5.41) is 0. The van der Waals surface area contributed by atoms with Crippen LogP contribution in [-0.4, -0.2) is 15.8 Å². The van der Waals surface area contributed by atoms with Crippen LogP contribution in [0.2, 0.25) is 0 Å². The number of nitrogen functional groups attached to an aromatic ring is 1. The zero-order valence-corrected chi connectivity index (χ0v) is 11.4. The number of anilines is 1. The molecule has 0 saturated heterocycles. The van der Waals surface area contributed by atoms with Crippen LogP contribution in [-0.2, 0) is 0 Å². The fourth-order valence-electron chi connectivity index (χ4n) is 2.74. The van der Waals surface area contributed by atoms with Crippen molar-refractivity contribution in [2.45, 2.75) is 0 Å². The number of nitrogens with two attached hydrogens (primary N) is 1.